The average molecular weight is 284 g/mol. The number of amides is 2. The fraction of sp³-hybridized carbons (Fsp3) is 0.867. The second kappa shape index (κ2) is 5.62. The summed E-state index contributed by atoms with van der Waals surface area (Å²) in [6.45, 7) is 14.9. The normalized spacial score (nSPS) is 19.2. The molecule has 0 saturated carbocycles. The largest absolute Gasteiger partial charge is 0.444 e. The van der Waals surface area contributed by atoms with Gasteiger partial charge < -0.3 is 9.64 Å². The van der Waals surface area contributed by atoms with Crippen LogP contribution >= 0.6 is 0 Å². The Kier molecular flexibility index (Phi) is 4.72. The van der Waals surface area contributed by atoms with Crippen LogP contribution in [0, 0.1) is 5.92 Å². The van der Waals surface area contributed by atoms with Gasteiger partial charge >= 0.3 is 6.09 Å². The van der Waals surface area contributed by atoms with Crippen molar-refractivity contribution >= 4 is 12.0 Å². The first kappa shape index (κ1) is 16.8. The van der Waals surface area contributed by atoms with Crippen LogP contribution in [0.1, 0.15) is 48.5 Å². The SMILES string of the molecule is CC(C)C(=O)N1CCN(C(=O)OC(C)(C)C)C(C)(C)C1. The lowest BCUT2D eigenvalue weighted by atomic mass is 9.98. The van der Waals surface area contributed by atoms with Gasteiger partial charge in [0.05, 0.1) is 5.54 Å². The van der Waals surface area contributed by atoms with Crippen LogP contribution in [0.5, 0.6) is 0 Å². The smallest absolute Gasteiger partial charge is 0.410 e. The summed E-state index contributed by atoms with van der Waals surface area (Å²) in [4.78, 5) is 27.9. The maximum atomic E-state index is 12.2. The molecule has 20 heavy (non-hydrogen) atoms. The fourth-order valence-corrected chi connectivity index (χ4v) is 2.36. The van der Waals surface area contributed by atoms with Crippen molar-refractivity contribution in [2.24, 2.45) is 5.92 Å². The minimum atomic E-state index is -0.502. The Labute approximate surface area is 122 Å². The zero-order valence-corrected chi connectivity index (χ0v) is 13.8. The molecule has 5 nitrogen and oxygen atoms in total. The van der Waals surface area contributed by atoms with E-state index in [-0.39, 0.29) is 17.9 Å². The second-order valence-electron chi connectivity index (χ2n) is 7.36. The zero-order chi connectivity index (χ0) is 15.7. The first-order valence-electron chi connectivity index (χ1n) is 7.23. The summed E-state index contributed by atoms with van der Waals surface area (Å²) in [5.74, 6) is 0.126. The van der Waals surface area contributed by atoms with Gasteiger partial charge in [-0.2, -0.15) is 0 Å². The van der Waals surface area contributed by atoms with Crippen LogP contribution in [0.15, 0.2) is 0 Å². The van der Waals surface area contributed by atoms with Crippen molar-refractivity contribution in [3.8, 4) is 0 Å². The molecule has 0 unspecified atom stereocenters. The number of piperazine rings is 1. The van der Waals surface area contributed by atoms with Crippen LogP contribution in [-0.2, 0) is 9.53 Å². The zero-order valence-electron chi connectivity index (χ0n) is 13.8. The Balaban J connectivity index is 2.76. The lowest BCUT2D eigenvalue weighted by molar-refractivity contribution is -0.139. The Morgan fingerprint density at radius 3 is 2.10 bits per heavy atom. The Morgan fingerprint density at radius 2 is 1.70 bits per heavy atom. The molecular formula is C15H28N2O3. The van der Waals surface area contributed by atoms with Gasteiger partial charge in [0.25, 0.3) is 0 Å². The van der Waals surface area contributed by atoms with Crippen LogP contribution in [0.25, 0.3) is 0 Å². The molecule has 1 heterocycles. The van der Waals surface area contributed by atoms with Gasteiger partial charge in [-0.1, -0.05) is 13.8 Å². The summed E-state index contributed by atoms with van der Waals surface area (Å²) in [5.41, 5.74) is -0.914. The van der Waals surface area contributed by atoms with E-state index in [0.717, 1.165) is 0 Å². The minimum Gasteiger partial charge on any atom is -0.444 e. The third kappa shape index (κ3) is 4.12. The predicted molar refractivity (Wildman–Crippen MR) is 78.4 cm³/mol. The van der Waals surface area contributed by atoms with E-state index in [4.69, 9.17) is 4.74 Å². The Hall–Kier alpha value is -1.26. The second-order valence-corrected chi connectivity index (χ2v) is 7.36. The van der Waals surface area contributed by atoms with Crippen molar-refractivity contribution in [2.45, 2.75) is 59.6 Å². The first-order valence-corrected chi connectivity index (χ1v) is 7.23. The molecule has 0 radical (unpaired) electrons. The molecule has 5 heteroatoms. The van der Waals surface area contributed by atoms with Gasteiger partial charge in [0.15, 0.2) is 0 Å². The number of hydrogen-bond acceptors (Lipinski definition) is 3. The molecule has 1 aliphatic heterocycles. The lowest BCUT2D eigenvalue weighted by Crippen LogP contribution is -2.63. The number of rotatable bonds is 1. The molecule has 1 aliphatic rings. The van der Waals surface area contributed by atoms with Gasteiger partial charge in [-0.3, -0.25) is 9.69 Å². The highest BCUT2D eigenvalue weighted by Crippen LogP contribution is 2.24. The van der Waals surface area contributed by atoms with Crippen molar-refractivity contribution < 1.29 is 14.3 Å². The number of nitrogens with zero attached hydrogens (tertiary/aromatic N) is 2. The van der Waals surface area contributed by atoms with Crippen LogP contribution < -0.4 is 0 Å². The first-order chi connectivity index (χ1) is 8.94. The van der Waals surface area contributed by atoms with Gasteiger partial charge in [0, 0.05) is 25.6 Å². The molecule has 0 atom stereocenters. The van der Waals surface area contributed by atoms with E-state index in [2.05, 4.69) is 0 Å². The number of carbonyl (C=O) groups is 2. The molecular weight excluding hydrogens is 256 g/mol. The Morgan fingerprint density at radius 1 is 1.15 bits per heavy atom. The highest BCUT2D eigenvalue weighted by molar-refractivity contribution is 5.79. The van der Waals surface area contributed by atoms with Crippen molar-refractivity contribution in [2.75, 3.05) is 19.6 Å². The van der Waals surface area contributed by atoms with Crippen LogP contribution in [0.2, 0.25) is 0 Å². The quantitative estimate of drug-likeness (QED) is 0.743. The summed E-state index contributed by atoms with van der Waals surface area (Å²) in [6.07, 6.45) is -0.306. The van der Waals surface area contributed by atoms with Crippen molar-refractivity contribution in [1.29, 1.82) is 0 Å². The molecule has 0 aromatic heterocycles. The summed E-state index contributed by atoms with van der Waals surface area (Å²) in [5, 5.41) is 0. The van der Waals surface area contributed by atoms with Crippen molar-refractivity contribution in [3.05, 3.63) is 0 Å². The minimum absolute atomic E-state index is 0.0149. The molecule has 0 N–H and O–H groups in total. The highest BCUT2D eigenvalue weighted by atomic mass is 16.6. The molecule has 0 aromatic carbocycles. The molecule has 116 valence electrons. The molecule has 1 rings (SSSR count). The van der Waals surface area contributed by atoms with E-state index in [1.165, 1.54) is 0 Å². The molecule has 1 fully saturated rings. The fourth-order valence-electron chi connectivity index (χ4n) is 2.36. The van der Waals surface area contributed by atoms with Gasteiger partial charge in [0.1, 0.15) is 5.60 Å². The summed E-state index contributed by atoms with van der Waals surface area (Å²) in [7, 11) is 0. The Bertz CT molecular complexity index is 383. The summed E-state index contributed by atoms with van der Waals surface area (Å²) >= 11 is 0. The molecule has 0 aromatic rings. The van der Waals surface area contributed by atoms with Gasteiger partial charge in [-0.25, -0.2) is 4.79 Å². The standard InChI is InChI=1S/C15H28N2O3/c1-11(2)12(18)16-8-9-17(15(6,7)10-16)13(19)20-14(3,4)5/h11H,8-10H2,1-7H3. The lowest BCUT2D eigenvalue weighted by Gasteiger charge is -2.47. The average Bonchev–Trinajstić information content (AvgIpc) is 2.23. The maximum absolute atomic E-state index is 12.2. The van der Waals surface area contributed by atoms with Crippen LogP contribution in [0.4, 0.5) is 4.79 Å². The van der Waals surface area contributed by atoms with E-state index in [0.29, 0.717) is 19.6 Å². The summed E-state index contributed by atoms with van der Waals surface area (Å²) < 4.78 is 5.44. The van der Waals surface area contributed by atoms with Crippen LogP contribution in [0.3, 0.4) is 0 Å². The van der Waals surface area contributed by atoms with Crippen molar-refractivity contribution in [1.82, 2.24) is 9.80 Å². The van der Waals surface area contributed by atoms with Gasteiger partial charge in [-0.05, 0) is 34.6 Å². The van der Waals surface area contributed by atoms with E-state index >= 15 is 0 Å². The number of hydrogen-bond donors (Lipinski definition) is 0. The predicted octanol–water partition coefficient (Wildman–Crippen LogP) is 2.50. The summed E-state index contributed by atoms with van der Waals surface area (Å²) in [6, 6.07) is 0. The number of ether oxygens (including phenoxy) is 1. The molecule has 0 bridgehead atoms. The number of carbonyl (C=O) groups excluding carboxylic acids is 2. The monoisotopic (exact) mass is 284 g/mol. The van der Waals surface area contributed by atoms with E-state index in [1.807, 2.05) is 53.4 Å². The van der Waals surface area contributed by atoms with Crippen molar-refractivity contribution in [3.63, 3.8) is 0 Å². The van der Waals surface area contributed by atoms with E-state index in [1.54, 1.807) is 4.90 Å². The van der Waals surface area contributed by atoms with Crippen LogP contribution in [-0.4, -0.2) is 52.6 Å². The molecule has 0 spiro atoms. The maximum Gasteiger partial charge on any atom is 0.410 e. The third-order valence-electron chi connectivity index (χ3n) is 3.32. The third-order valence-corrected chi connectivity index (χ3v) is 3.32. The van der Waals surface area contributed by atoms with Gasteiger partial charge in [-0.15, -0.1) is 0 Å². The molecule has 2 amide bonds. The highest BCUT2D eigenvalue weighted by Gasteiger charge is 2.40. The molecule has 0 aliphatic carbocycles. The topological polar surface area (TPSA) is 49.9 Å². The van der Waals surface area contributed by atoms with E-state index in [9.17, 15) is 9.59 Å². The van der Waals surface area contributed by atoms with Gasteiger partial charge in [0.2, 0.25) is 5.91 Å². The van der Waals surface area contributed by atoms with E-state index < -0.39 is 11.1 Å². The molecule has 1 saturated heterocycles.